The molecule has 0 unspecified atom stereocenters. The molecule has 0 saturated carbocycles. The van der Waals surface area contributed by atoms with Crippen molar-refractivity contribution in [3.05, 3.63) is 82.9 Å². The molecule has 0 spiro atoms. The van der Waals surface area contributed by atoms with E-state index < -0.39 is 234 Å². The Labute approximate surface area is 562 Å². The van der Waals surface area contributed by atoms with E-state index in [4.69, 9.17) is 47.4 Å². The molecule has 0 aliphatic carbocycles. The molecule has 0 bridgehead atoms. The third-order valence-corrected chi connectivity index (χ3v) is 19.1. The van der Waals surface area contributed by atoms with E-state index in [0.29, 0.717) is 11.1 Å². The van der Waals surface area contributed by atoms with Gasteiger partial charge in [0.15, 0.2) is 25.2 Å². The Morgan fingerprint density at radius 3 is 0.958 bits per heavy atom. The van der Waals surface area contributed by atoms with Gasteiger partial charge in [-0.25, -0.2) is 0 Å². The average Bonchev–Trinajstić information content (AvgIpc) is 0.789. The van der Waals surface area contributed by atoms with Gasteiger partial charge in [0, 0.05) is 23.9 Å². The summed E-state index contributed by atoms with van der Waals surface area (Å²) in [6.45, 7) is -4.98. The van der Waals surface area contributed by atoms with Gasteiger partial charge in [-0.2, -0.15) is 0 Å². The predicted molar refractivity (Wildman–Crippen MR) is 313 cm³/mol. The number of aliphatic hydroxyl groups excluding tert-OH is 20. The van der Waals surface area contributed by atoms with Gasteiger partial charge >= 0.3 is 19.5 Å². The zero-order valence-electron chi connectivity index (χ0n) is 50.2. The van der Waals surface area contributed by atoms with Crippen LogP contribution in [0.25, 0.3) is 0 Å². The molecule has 9 rings (SSSR count). The van der Waals surface area contributed by atoms with Crippen molar-refractivity contribution in [2.24, 2.45) is 9.98 Å². The van der Waals surface area contributed by atoms with Crippen LogP contribution in [0, 0.1) is 0 Å². The fourth-order valence-electron chi connectivity index (χ4n) is 11.3. The third-order valence-electron chi connectivity index (χ3n) is 16.7. The third kappa shape index (κ3) is 17.6. The monoisotopic (exact) mass is 1440 g/mol. The van der Waals surface area contributed by atoms with Gasteiger partial charge in [-0.1, -0.05) is 36.4 Å². The predicted octanol–water partition coefficient (Wildman–Crippen LogP) is -9.30. The minimum atomic E-state index is -2.01. The maximum absolute atomic E-state index is 13.1. The van der Waals surface area contributed by atoms with Crippen molar-refractivity contribution in [3.8, 4) is 11.5 Å². The first-order valence-electron chi connectivity index (χ1n) is 29.7. The van der Waals surface area contributed by atoms with Gasteiger partial charge < -0.3 is 160 Å². The maximum atomic E-state index is 13.1. The minimum Gasteiger partial charge on any atom is -0.872 e. The fraction of sp³-hybridized carbons (Fsp3) is 0.655. The van der Waals surface area contributed by atoms with Crippen LogP contribution in [0.15, 0.2) is 70.6 Å². The Morgan fingerprint density at radius 2 is 0.642 bits per heavy atom. The molecule has 30 atom stereocenters. The summed E-state index contributed by atoms with van der Waals surface area (Å²) in [5.74, 6) is -0.707. The molecule has 95 heavy (non-hydrogen) atoms. The van der Waals surface area contributed by atoms with Crippen molar-refractivity contribution in [1.29, 1.82) is 0 Å². The standard InChI is InChI=1S/C58H80N2O32S2.Zn/c61-13-29-35(69)37(71)43(77)53(83-29)89-49-31(15-63)85-55(45(79)39(49)73)91-51-33(17-65)87-57(47(81)41(51)75)93-19-21-5-7-27(67)23(9-21)11-59-25-3-1-2-4-26(25)60-12-24-10-22(6-8-28(24)68)20-94-58-48(82)42(76)52(34(18-66)88-58)92-56-46(80)40(74)50(32(16-64)86-56)90-54-44(78)38(72)36(70)30(14-62)84-54;/h1-12,29-58,61-82H,13-20H2;/q;+2/p-2/t29-,30-,31-,32-,33-,34-,35-,36-,37+,38+,39-,40-,41-,42-,43-,44-,45-,46-,47-,48-,49-,50-,51-,52-,53-,54-,55-,56-,57+,58+;/m1./s1. The normalized spacial score (nSPS) is 41.1. The topological polar surface area (TPSA) is 568 Å². The van der Waals surface area contributed by atoms with Crippen molar-refractivity contribution < 1.29 is 179 Å². The van der Waals surface area contributed by atoms with Gasteiger partial charge in [-0.3, -0.25) is 9.98 Å². The van der Waals surface area contributed by atoms with E-state index in [2.05, 4.69) is 9.98 Å². The summed E-state index contributed by atoms with van der Waals surface area (Å²) in [7, 11) is 0. The average molecular weight is 1440 g/mol. The van der Waals surface area contributed by atoms with Crippen LogP contribution in [-0.4, -0.2) is 337 Å². The summed E-state index contributed by atoms with van der Waals surface area (Å²) in [4.78, 5) is 9.01. The van der Waals surface area contributed by atoms with E-state index in [0.717, 1.165) is 23.5 Å². The number of hydrogen-bond acceptors (Lipinski definition) is 36. The van der Waals surface area contributed by atoms with Crippen LogP contribution in [0.1, 0.15) is 22.3 Å². The Bertz CT molecular complexity index is 2760. The molecule has 0 aromatic heterocycles. The molecule has 6 fully saturated rings. The van der Waals surface area contributed by atoms with Crippen LogP contribution in [-0.2, 0) is 78.4 Å². The van der Waals surface area contributed by atoms with Crippen LogP contribution < -0.4 is 10.2 Å². The van der Waals surface area contributed by atoms with Gasteiger partial charge in [0.25, 0.3) is 0 Å². The molecule has 3 aromatic rings. The van der Waals surface area contributed by atoms with E-state index in [1.54, 1.807) is 24.3 Å². The Kier molecular flexibility index (Phi) is 28.4. The number of para-hydroxylation sites is 2. The Hall–Kier alpha value is -3.28. The first-order valence-corrected chi connectivity index (χ1v) is 31.8. The second-order valence-corrected chi connectivity index (χ2v) is 25.2. The van der Waals surface area contributed by atoms with E-state index in [-0.39, 0.29) is 53.5 Å². The summed E-state index contributed by atoms with van der Waals surface area (Å²) in [5, 5.41) is 237. The largest absolute Gasteiger partial charge is 2.00 e. The van der Waals surface area contributed by atoms with Crippen molar-refractivity contribution in [2.75, 3.05) is 39.6 Å². The second-order valence-electron chi connectivity index (χ2n) is 23.0. The number of ether oxygens (including phenoxy) is 10. The Balaban J connectivity index is 0.0000116. The zero-order valence-corrected chi connectivity index (χ0v) is 54.8. The molecule has 37 heteroatoms. The maximum Gasteiger partial charge on any atom is 2.00 e. The van der Waals surface area contributed by atoms with Crippen molar-refractivity contribution in [2.45, 2.75) is 194 Å². The summed E-state index contributed by atoms with van der Waals surface area (Å²) < 4.78 is 56.5. The zero-order chi connectivity index (χ0) is 68.0. The summed E-state index contributed by atoms with van der Waals surface area (Å²) in [6, 6.07) is 15.2. The number of nitrogens with zero attached hydrogens (tertiary/aromatic N) is 2. The van der Waals surface area contributed by atoms with E-state index >= 15 is 0 Å². The van der Waals surface area contributed by atoms with Gasteiger partial charge in [-0.05, 0) is 46.5 Å². The molecule has 6 heterocycles. The molecular formula is C58H78N2O32S2Zn. The van der Waals surface area contributed by atoms with Crippen LogP contribution in [0.2, 0.25) is 0 Å². The second kappa shape index (κ2) is 34.9. The van der Waals surface area contributed by atoms with Gasteiger partial charge in [0.2, 0.25) is 0 Å². The molecule has 34 nitrogen and oxygen atoms in total. The molecule has 20 N–H and O–H groups in total. The molecule has 3 aromatic carbocycles. The number of hydrogen-bond donors (Lipinski definition) is 20. The van der Waals surface area contributed by atoms with Crippen molar-refractivity contribution in [3.63, 3.8) is 0 Å². The number of rotatable bonds is 24. The smallest absolute Gasteiger partial charge is 0.872 e. The first kappa shape index (κ1) is 77.5. The number of thioether (sulfide) groups is 2. The molecule has 0 amide bonds. The van der Waals surface area contributed by atoms with E-state index in [1.807, 2.05) is 0 Å². The summed E-state index contributed by atoms with van der Waals surface area (Å²) >= 11 is 1.96. The number of aliphatic hydroxyl groups is 20. The van der Waals surface area contributed by atoms with Crippen molar-refractivity contribution >= 4 is 47.3 Å². The van der Waals surface area contributed by atoms with Gasteiger partial charge in [-0.15, -0.1) is 35.0 Å². The molecule has 6 aliphatic heterocycles. The SMILES string of the molecule is [O-]c1ccc(CS[C@@H]2O[C@H](CO)[C@@H](O[C@H]3O[C@H](CO)[C@@H](O[C@H]4O[C@H](CO)[C@@H](O)[C@H](O)[C@H]4O)[C@H](O)[C@H]3O)[C@H](O)[C@H]2O)cc1C=Nc1ccccc1N=Cc1cc(CS[C@@H]2O[C@H](CO)[C@@H](O[C@H]3O[C@H](CO)[C@@H](O[C@H]4O[C@H](CO)[C@@H](O)[C@H](O)[C@H]4O)[C@H](O)[C@H]3O)[C@H](O)[C@H]2O)ccc1[O-].[Zn+2]. The Morgan fingerprint density at radius 1 is 0.358 bits per heavy atom. The van der Waals surface area contributed by atoms with Crippen molar-refractivity contribution in [1.82, 2.24) is 0 Å². The van der Waals surface area contributed by atoms with Crippen LogP contribution in [0.4, 0.5) is 11.4 Å². The molecule has 6 saturated heterocycles. The van der Waals surface area contributed by atoms with Crippen LogP contribution in [0.5, 0.6) is 11.5 Å². The molecular weight excluding hydrogens is 1370 g/mol. The number of benzene rings is 3. The summed E-state index contributed by atoms with van der Waals surface area (Å²) in [6.07, 6.45) is -45.9. The molecule has 0 radical (unpaired) electrons. The first-order chi connectivity index (χ1) is 44.9. The summed E-state index contributed by atoms with van der Waals surface area (Å²) in [5.41, 5.74) is -0.542. The number of aliphatic imine (C=N–C) groups is 2. The minimum absolute atomic E-state index is 0. The van der Waals surface area contributed by atoms with E-state index in [9.17, 15) is 112 Å². The van der Waals surface area contributed by atoms with Crippen LogP contribution >= 0.6 is 23.5 Å². The van der Waals surface area contributed by atoms with Crippen LogP contribution in [0.3, 0.4) is 0 Å². The quantitative estimate of drug-likeness (QED) is 0.0292. The molecule has 6 aliphatic rings. The van der Waals surface area contributed by atoms with Gasteiger partial charge in [0.05, 0.1) is 51.0 Å². The van der Waals surface area contributed by atoms with Gasteiger partial charge in [0.1, 0.15) is 157 Å². The van der Waals surface area contributed by atoms with E-state index in [1.165, 1.54) is 48.8 Å². The fourth-order valence-corrected chi connectivity index (χ4v) is 13.5. The molecule has 526 valence electrons.